The van der Waals surface area contributed by atoms with Crippen molar-refractivity contribution >= 4 is 17.4 Å². The standard InChI is InChI=1S/C21H20FN3O2/c1-27-17-9-6-15(7-10-17)12-13-23-20-11-8-16(14-24-20)25-21(26)18-4-2-3-5-19(18)22/h2-11,14H,12-13H2,1H3,(H,23,24)(H,25,26). The minimum Gasteiger partial charge on any atom is -0.497 e. The van der Waals surface area contributed by atoms with Crippen LogP contribution in [0.5, 0.6) is 5.75 Å². The first-order chi connectivity index (χ1) is 13.2. The molecule has 138 valence electrons. The van der Waals surface area contributed by atoms with E-state index in [1.54, 1.807) is 31.4 Å². The third-order valence-electron chi connectivity index (χ3n) is 4.02. The molecule has 0 bridgehead atoms. The van der Waals surface area contributed by atoms with Gasteiger partial charge in [0.1, 0.15) is 17.4 Å². The number of rotatable bonds is 7. The number of nitrogens with zero attached hydrogens (tertiary/aromatic N) is 1. The molecule has 0 fully saturated rings. The van der Waals surface area contributed by atoms with Crippen LogP contribution in [0.1, 0.15) is 15.9 Å². The van der Waals surface area contributed by atoms with Crippen molar-refractivity contribution in [2.75, 3.05) is 24.3 Å². The molecule has 0 saturated heterocycles. The van der Waals surface area contributed by atoms with E-state index in [-0.39, 0.29) is 5.56 Å². The molecule has 1 heterocycles. The zero-order valence-corrected chi connectivity index (χ0v) is 14.9. The average molecular weight is 365 g/mol. The van der Waals surface area contributed by atoms with E-state index < -0.39 is 11.7 Å². The highest BCUT2D eigenvalue weighted by Crippen LogP contribution is 2.14. The van der Waals surface area contributed by atoms with Gasteiger partial charge < -0.3 is 15.4 Å². The molecule has 0 radical (unpaired) electrons. The quantitative estimate of drug-likeness (QED) is 0.661. The number of methoxy groups -OCH3 is 1. The van der Waals surface area contributed by atoms with Crippen LogP contribution in [0.3, 0.4) is 0 Å². The third kappa shape index (κ3) is 5.04. The van der Waals surface area contributed by atoms with Crippen molar-refractivity contribution in [2.45, 2.75) is 6.42 Å². The summed E-state index contributed by atoms with van der Waals surface area (Å²) in [6, 6.07) is 17.3. The van der Waals surface area contributed by atoms with E-state index in [0.717, 1.165) is 18.7 Å². The summed E-state index contributed by atoms with van der Waals surface area (Å²) < 4.78 is 18.8. The summed E-state index contributed by atoms with van der Waals surface area (Å²) >= 11 is 0. The zero-order chi connectivity index (χ0) is 19.1. The summed E-state index contributed by atoms with van der Waals surface area (Å²) in [6.45, 7) is 0.722. The van der Waals surface area contributed by atoms with E-state index in [9.17, 15) is 9.18 Å². The second kappa shape index (κ2) is 8.80. The van der Waals surface area contributed by atoms with E-state index in [1.807, 2.05) is 24.3 Å². The zero-order valence-electron chi connectivity index (χ0n) is 14.9. The number of ether oxygens (including phenoxy) is 1. The molecule has 2 N–H and O–H groups in total. The predicted molar refractivity (Wildman–Crippen MR) is 104 cm³/mol. The number of carbonyl (C=O) groups is 1. The van der Waals surface area contributed by atoms with Gasteiger partial charge in [-0.05, 0) is 48.4 Å². The molecule has 3 aromatic rings. The first-order valence-electron chi connectivity index (χ1n) is 8.54. The Hall–Kier alpha value is -3.41. The molecule has 0 spiro atoms. The largest absolute Gasteiger partial charge is 0.497 e. The maximum absolute atomic E-state index is 13.6. The molecule has 0 aliphatic rings. The number of hydrogen-bond acceptors (Lipinski definition) is 4. The van der Waals surface area contributed by atoms with Crippen molar-refractivity contribution in [3.05, 3.63) is 83.8 Å². The van der Waals surface area contributed by atoms with E-state index in [1.165, 1.54) is 23.9 Å². The summed E-state index contributed by atoms with van der Waals surface area (Å²) in [5, 5.41) is 5.87. The average Bonchev–Trinajstić information content (AvgIpc) is 2.70. The van der Waals surface area contributed by atoms with Crippen molar-refractivity contribution in [1.82, 2.24) is 4.98 Å². The van der Waals surface area contributed by atoms with E-state index in [0.29, 0.717) is 11.5 Å². The Morgan fingerprint density at radius 3 is 2.52 bits per heavy atom. The molecule has 0 aliphatic carbocycles. The van der Waals surface area contributed by atoms with Crippen LogP contribution >= 0.6 is 0 Å². The van der Waals surface area contributed by atoms with Gasteiger partial charge in [0.2, 0.25) is 0 Å². The van der Waals surface area contributed by atoms with Crippen molar-refractivity contribution in [2.24, 2.45) is 0 Å². The van der Waals surface area contributed by atoms with Crippen LogP contribution in [0.2, 0.25) is 0 Å². The molecule has 0 unspecified atom stereocenters. The molecule has 3 rings (SSSR count). The lowest BCUT2D eigenvalue weighted by Gasteiger charge is -2.09. The van der Waals surface area contributed by atoms with E-state index in [2.05, 4.69) is 15.6 Å². The normalized spacial score (nSPS) is 10.3. The smallest absolute Gasteiger partial charge is 0.258 e. The van der Waals surface area contributed by atoms with E-state index >= 15 is 0 Å². The second-order valence-corrected chi connectivity index (χ2v) is 5.89. The SMILES string of the molecule is COc1ccc(CCNc2ccc(NC(=O)c3ccccc3F)cn2)cc1. The Labute approximate surface area is 157 Å². The maximum atomic E-state index is 13.6. The molecule has 6 heteroatoms. The molecule has 5 nitrogen and oxygen atoms in total. The van der Waals surface area contributed by atoms with Crippen LogP contribution in [0.15, 0.2) is 66.9 Å². The molecule has 0 aliphatic heterocycles. The third-order valence-corrected chi connectivity index (χ3v) is 4.02. The highest BCUT2D eigenvalue weighted by molar-refractivity contribution is 6.04. The van der Waals surface area contributed by atoms with Gasteiger partial charge in [0.15, 0.2) is 0 Å². The predicted octanol–water partition coefficient (Wildman–Crippen LogP) is 4.14. The summed E-state index contributed by atoms with van der Waals surface area (Å²) in [5.41, 5.74) is 1.69. The molecule has 1 aromatic heterocycles. The Kier molecular flexibility index (Phi) is 5.99. The van der Waals surface area contributed by atoms with Crippen LogP contribution in [0.25, 0.3) is 0 Å². The van der Waals surface area contributed by atoms with Crippen molar-refractivity contribution < 1.29 is 13.9 Å². The highest BCUT2D eigenvalue weighted by atomic mass is 19.1. The molecule has 27 heavy (non-hydrogen) atoms. The Bertz CT molecular complexity index is 896. The van der Waals surface area contributed by atoms with Gasteiger partial charge in [-0.2, -0.15) is 0 Å². The molecular weight excluding hydrogens is 345 g/mol. The lowest BCUT2D eigenvalue weighted by Crippen LogP contribution is -2.14. The number of aromatic nitrogens is 1. The van der Waals surface area contributed by atoms with Gasteiger partial charge >= 0.3 is 0 Å². The number of halogens is 1. The Morgan fingerprint density at radius 2 is 1.85 bits per heavy atom. The van der Waals surface area contributed by atoms with Gasteiger partial charge in [0.25, 0.3) is 5.91 Å². The van der Waals surface area contributed by atoms with Gasteiger partial charge in [0.05, 0.1) is 24.6 Å². The van der Waals surface area contributed by atoms with E-state index in [4.69, 9.17) is 4.74 Å². The molecular formula is C21H20FN3O2. The Morgan fingerprint density at radius 1 is 1.07 bits per heavy atom. The minimum absolute atomic E-state index is 0.000747. The molecule has 2 aromatic carbocycles. The topological polar surface area (TPSA) is 63.2 Å². The second-order valence-electron chi connectivity index (χ2n) is 5.89. The lowest BCUT2D eigenvalue weighted by molar-refractivity contribution is 0.102. The number of pyridine rings is 1. The highest BCUT2D eigenvalue weighted by Gasteiger charge is 2.11. The van der Waals surface area contributed by atoms with Gasteiger partial charge in [0, 0.05) is 6.54 Å². The first kappa shape index (κ1) is 18.4. The fourth-order valence-electron chi connectivity index (χ4n) is 2.54. The number of amides is 1. The number of hydrogen-bond donors (Lipinski definition) is 2. The number of benzene rings is 2. The summed E-state index contributed by atoms with van der Waals surface area (Å²) in [5.74, 6) is 0.476. The molecule has 0 saturated carbocycles. The van der Waals surface area contributed by atoms with Gasteiger partial charge in [-0.25, -0.2) is 9.37 Å². The van der Waals surface area contributed by atoms with Crippen LogP contribution in [-0.4, -0.2) is 24.5 Å². The summed E-state index contributed by atoms with van der Waals surface area (Å²) in [4.78, 5) is 16.4. The van der Waals surface area contributed by atoms with Gasteiger partial charge in [-0.1, -0.05) is 24.3 Å². The number of nitrogens with one attached hydrogen (secondary N) is 2. The van der Waals surface area contributed by atoms with Crippen molar-refractivity contribution in [3.63, 3.8) is 0 Å². The maximum Gasteiger partial charge on any atom is 0.258 e. The molecule has 0 atom stereocenters. The number of carbonyl (C=O) groups excluding carboxylic acids is 1. The van der Waals surface area contributed by atoms with Crippen LogP contribution < -0.4 is 15.4 Å². The Balaban J connectivity index is 1.51. The number of anilines is 2. The fourth-order valence-corrected chi connectivity index (χ4v) is 2.54. The lowest BCUT2D eigenvalue weighted by atomic mass is 10.1. The van der Waals surface area contributed by atoms with Crippen molar-refractivity contribution in [3.8, 4) is 5.75 Å². The fraction of sp³-hybridized carbons (Fsp3) is 0.143. The first-order valence-corrected chi connectivity index (χ1v) is 8.54. The van der Waals surface area contributed by atoms with Crippen LogP contribution in [0.4, 0.5) is 15.9 Å². The van der Waals surface area contributed by atoms with Crippen molar-refractivity contribution in [1.29, 1.82) is 0 Å². The van der Waals surface area contributed by atoms with Crippen LogP contribution in [0, 0.1) is 5.82 Å². The minimum atomic E-state index is -0.556. The van der Waals surface area contributed by atoms with Crippen LogP contribution in [-0.2, 0) is 6.42 Å². The monoisotopic (exact) mass is 365 g/mol. The van der Waals surface area contributed by atoms with Gasteiger partial charge in [-0.3, -0.25) is 4.79 Å². The summed E-state index contributed by atoms with van der Waals surface area (Å²) in [6.07, 6.45) is 2.38. The van der Waals surface area contributed by atoms with Gasteiger partial charge in [-0.15, -0.1) is 0 Å². The molecule has 1 amide bonds. The summed E-state index contributed by atoms with van der Waals surface area (Å²) in [7, 11) is 1.64.